The number of hydrogen-bond acceptors (Lipinski definition) is 5. The molecular weight excluding hydrogens is 470 g/mol. The summed E-state index contributed by atoms with van der Waals surface area (Å²) in [4.78, 5) is 46.0. The van der Waals surface area contributed by atoms with Crippen LogP contribution in [0.3, 0.4) is 0 Å². The van der Waals surface area contributed by atoms with Gasteiger partial charge in [0.05, 0.1) is 4.91 Å². The van der Waals surface area contributed by atoms with Crippen molar-refractivity contribution in [3.63, 3.8) is 0 Å². The molecule has 192 valence electrons. The maximum atomic E-state index is 12.8. The number of hydrogen-bond donors (Lipinski definition) is 2. The molecule has 3 amide bonds. The zero-order valence-corrected chi connectivity index (χ0v) is 20.9. The smallest absolute Gasteiger partial charge is 0.340 e. The number of carbonyl (C=O) groups excluding carboxylic acids is 2. The Hall–Kier alpha value is -4.40. The number of nitrogens with one attached hydrogen (secondary N) is 2. The summed E-state index contributed by atoms with van der Waals surface area (Å²) in [6, 6.07) is 24.4. The number of carbonyl (C=O) groups is 2. The summed E-state index contributed by atoms with van der Waals surface area (Å²) < 4.78 is 0. The lowest BCUT2D eigenvalue weighted by molar-refractivity contribution is -0.736. The molecule has 4 rings (SSSR count). The number of aryl methyl sites for hydroxylation is 1. The lowest BCUT2D eigenvalue weighted by Crippen LogP contribution is -2.50. The molecular formula is C28H32N5O4+. The largest absolute Gasteiger partial charge is 0.368 e. The molecule has 0 saturated carbocycles. The van der Waals surface area contributed by atoms with Gasteiger partial charge in [-0.3, -0.25) is 4.79 Å². The maximum absolute atomic E-state index is 12.8. The molecule has 1 heterocycles. The van der Waals surface area contributed by atoms with Crippen LogP contribution in [0.5, 0.6) is 0 Å². The van der Waals surface area contributed by atoms with Crippen molar-refractivity contribution in [1.29, 1.82) is 0 Å². The van der Waals surface area contributed by atoms with E-state index in [0.29, 0.717) is 43.2 Å². The van der Waals surface area contributed by atoms with Crippen LogP contribution in [0.2, 0.25) is 0 Å². The Kier molecular flexibility index (Phi) is 8.70. The molecule has 3 aromatic rings. The normalized spacial score (nSPS) is 13.1. The van der Waals surface area contributed by atoms with Gasteiger partial charge in [0.2, 0.25) is 5.91 Å². The van der Waals surface area contributed by atoms with Crippen LogP contribution in [-0.4, -0.2) is 55.1 Å². The van der Waals surface area contributed by atoms with Gasteiger partial charge in [0, 0.05) is 50.0 Å². The second-order valence-corrected chi connectivity index (χ2v) is 8.80. The van der Waals surface area contributed by atoms with E-state index in [1.54, 1.807) is 29.2 Å². The highest BCUT2D eigenvalue weighted by molar-refractivity contribution is 5.92. The Morgan fingerprint density at radius 1 is 0.865 bits per heavy atom. The predicted molar refractivity (Wildman–Crippen MR) is 144 cm³/mol. The standard InChI is InChI=1S/C28H31N5O4/c1-37-33(36)26-12-6-5-11-25(26)30-28(35)32-20-18-31(19-21-32)24-16-14-23(15-17-24)29-27(34)13-7-10-22-8-3-2-4-9-22/h2-6,8-9,11-12,14-17H,7,10,13,18-21H2,1H3,(H-,29,30,34,35,36)/p+1. The number of anilines is 3. The van der Waals surface area contributed by atoms with Gasteiger partial charge in [0.15, 0.2) is 7.11 Å². The maximum Gasteiger partial charge on any atom is 0.340 e. The first-order valence-corrected chi connectivity index (χ1v) is 12.4. The Bertz CT molecular complexity index is 1210. The molecule has 1 fully saturated rings. The molecule has 3 aromatic carbocycles. The Morgan fingerprint density at radius 3 is 2.24 bits per heavy atom. The van der Waals surface area contributed by atoms with Crippen LogP contribution in [0.25, 0.3) is 0 Å². The SMILES string of the molecule is CO[N+](=O)c1ccccc1NC(=O)N1CCN(c2ccc(NC(=O)CCCc3ccccc3)cc2)CC1. The van der Waals surface area contributed by atoms with Crippen molar-refractivity contribution in [3.05, 3.63) is 89.3 Å². The van der Waals surface area contributed by atoms with Crippen LogP contribution in [0.4, 0.5) is 27.5 Å². The third kappa shape index (κ3) is 7.07. The lowest BCUT2D eigenvalue weighted by atomic mass is 10.1. The summed E-state index contributed by atoms with van der Waals surface area (Å²) in [6.07, 6.45) is 2.16. The Morgan fingerprint density at radius 2 is 1.54 bits per heavy atom. The van der Waals surface area contributed by atoms with Crippen molar-refractivity contribution in [2.45, 2.75) is 19.3 Å². The van der Waals surface area contributed by atoms with E-state index in [1.807, 2.05) is 42.5 Å². The second kappa shape index (κ2) is 12.5. The van der Waals surface area contributed by atoms with E-state index >= 15 is 0 Å². The van der Waals surface area contributed by atoms with Crippen LogP contribution in [0.15, 0.2) is 78.9 Å². The lowest BCUT2D eigenvalue weighted by Gasteiger charge is -2.36. The molecule has 9 heteroatoms. The average Bonchev–Trinajstić information content (AvgIpc) is 2.94. The second-order valence-electron chi connectivity index (χ2n) is 8.80. The van der Waals surface area contributed by atoms with E-state index in [9.17, 15) is 14.5 Å². The van der Waals surface area contributed by atoms with Crippen LogP contribution < -0.4 is 15.5 Å². The van der Waals surface area contributed by atoms with Crippen molar-refractivity contribution >= 4 is 34.7 Å². The Balaban J connectivity index is 1.23. The molecule has 1 aliphatic heterocycles. The summed E-state index contributed by atoms with van der Waals surface area (Å²) in [5.74, 6) is 0.00970. The molecule has 0 aliphatic carbocycles. The fourth-order valence-electron chi connectivity index (χ4n) is 4.28. The van der Waals surface area contributed by atoms with Gasteiger partial charge in [-0.25, -0.2) is 9.63 Å². The summed E-state index contributed by atoms with van der Waals surface area (Å²) in [5, 5.41) is 5.77. The van der Waals surface area contributed by atoms with E-state index in [-0.39, 0.29) is 17.6 Å². The monoisotopic (exact) mass is 502 g/mol. The molecule has 37 heavy (non-hydrogen) atoms. The minimum atomic E-state index is -0.262. The van der Waals surface area contributed by atoms with Crippen LogP contribution >= 0.6 is 0 Å². The van der Waals surface area contributed by atoms with Crippen molar-refractivity contribution in [3.8, 4) is 0 Å². The van der Waals surface area contributed by atoms with Crippen molar-refractivity contribution in [2.24, 2.45) is 0 Å². The highest BCUT2D eigenvalue weighted by Crippen LogP contribution is 2.25. The highest BCUT2D eigenvalue weighted by atomic mass is 16.8. The van der Waals surface area contributed by atoms with Gasteiger partial charge in [-0.1, -0.05) is 42.5 Å². The zero-order chi connectivity index (χ0) is 26.0. The van der Waals surface area contributed by atoms with E-state index < -0.39 is 0 Å². The quantitative estimate of drug-likeness (QED) is 0.403. The molecule has 0 atom stereocenters. The van der Waals surface area contributed by atoms with Gasteiger partial charge < -0.3 is 20.4 Å². The summed E-state index contributed by atoms with van der Waals surface area (Å²) in [6.45, 7) is 2.43. The van der Waals surface area contributed by atoms with Gasteiger partial charge >= 0.3 is 11.7 Å². The number of para-hydroxylation sites is 2. The van der Waals surface area contributed by atoms with Gasteiger partial charge in [0.25, 0.3) is 4.92 Å². The number of nitrogens with zero attached hydrogens (tertiary/aromatic N) is 3. The highest BCUT2D eigenvalue weighted by Gasteiger charge is 2.25. The topological polar surface area (TPSA) is 94.0 Å². The number of urea groups is 1. The fourth-order valence-corrected chi connectivity index (χ4v) is 4.28. The van der Waals surface area contributed by atoms with E-state index in [0.717, 1.165) is 24.2 Å². The molecule has 0 spiro atoms. The van der Waals surface area contributed by atoms with Crippen LogP contribution in [-0.2, 0) is 16.1 Å². The van der Waals surface area contributed by atoms with Gasteiger partial charge in [0.1, 0.15) is 5.69 Å². The van der Waals surface area contributed by atoms with E-state index in [2.05, 4.69) is 27.7 Å². The molecule has 0 aromatic heterocycles. The van der Waals surface area contributed by atoms with Gasteiger partial charge in [-0.2, -0.15) is 0 Å². The molecule has 9 nitrogen and oxygen atoms in total. The first-order valence-electron chi connectivity index (χ1n) is 12.4. The first-order chi connectivity index (χ1) is 18.0. The van der Waals surface area contributed by atoms with Crippen LogP contribution in [0.1, 0.15) is 18.4 Å². The fraction of sp³-hybridized carbons (Fsp3) is 0.286. The predicted octanol–water partition coefficient (Wildman–Crippen LogP) is 4.97. The molecule has 0 bridgehead atoms. The number of rotatable bonds is 9. The summed E-state index contributed by atoms with van der Waals surface area (Å²) in [7, 11) is 1.28. The molecule has 1 aliphatic rings. The molecule has 2 N–H and O–H groups in total. The van der Waals surface area contributed by atoms with Crippen LogP contribution in [0, 0.1) is 4.91 Å². The van der Waals surface area contributed by atoms with Crippen molar-refractivity contribution < 1.29 is 19.3 Å². The molecule has 0 unspecified atom stereocenters. The minimum Gasteiger partial charge on any atom is -0.368 e. The molecule has 0 radical (unpaired) electrons. The number of amides is 3. The van der Waals surface area contributed by atoms with Crippen molar-refractivity contribution in [2.75, 3.05) is 48.8 Å². The number of benzene rings is 3. The van der Waals surface area contributed by atoms with E-state index in [1.165, 1.54) is 12.7 Å². The third-order valence-corrected chi connectivity index (χ3v) is 6.30. The summed E-state index contributed by atoms with van der Waals surface area (Å²) in [5.41, 5.74) is 3.68. The Labute approximate surface area is 216 Å². The number of piperazine rings is 1. The minimum absolute atomic E-state index is 0.00970. The van der Waals surface area contributed by atoms with Gasteiger partial charge in [-0.15, -0.1) is 0 Å². The van der Waals surface area contributed by atoms with Gasteiger partial charge in [-0.05, 0) is 48.7 Å². The van der Waals surface area contributed by atoms with Crippen molar-refractivity contribution in [1.82, 2.24) is 4.90 Å². The first kappa shape index (κ1) is 25.7. The average molecular weight is 503 g/mol. The zero-order valence-electron chi connectivity index (χ0n) is 20.9. The third-order valence-electron chi connectivity index (χ3n) is 6.30. The molecule has 1 saturated heterocycles. The van der Waals surface area contributed by atoms with E-state index in [4.69, 9.17) is 4.84 Å². The summed E-state index contributed by atoms with van der Waals surface area (Å²) >= 11 is 0.